The third-order valence-corrected chi connectivity index (χ3v) is 5.86. The summed E-state index contributed by atoms with van der Waals surface area (Å²) in [6.45, 7) is 2.91. The van der Waals surface area contributed by atoms with Crippen molar-refractivity contribution in [2.45, 2.75) is 51.5 Å². The predicted octanol–water partition coefficient (Wildman–Crippen LogP) is 4.25. The smallest absolute Gasteiger partial charge is 0.258 e. The van der Waals surface area contributed by atoms with Crippen molar-refractivity contribution in [3.05, 3.63) is 59.2 Å². The lowest BCUT2D eigenvalue weighted by atomic mass is 9.91. The van der Waals surface area contributed by atoms with Gasteiger partial charge in [-0.25, -0.2) is 0 Å². The number of benzene rings is 2. The molecule has 0 atom stereocenters. The van der Waals surface area contributed by atoms with Gasteiger partial charge in [0.15, 0.2) is 6.61 Å². The molecule has 4 heteroatoms. The molecular weight excluding hydrogens is 348 g/mol. The molecule has 1 aliphatic carbocycles. The molecule has 0 spiro atoms. The number of hydrogen-bond acceptors (Lipinski definition) is 3. The zero-order valence-electron chi connectivity index (χ0n) is 16.6. The summed E-state index contributed by atoms with van der Waals surface area (Å²) < 4.78 is 5.83. The Balaban J connectivity index is 1.26. The number of carbonyl (C=O) groups excluding carboxylic acids is 1. The van der Waals surface area contributed by atoms with Gasteiger partial charge in [0, 0.05) is 25.3 Å². The number of nitrogens with zero attached hydrogens (tertiary/aromatic N) is 1. The maximum Gasteiger partial charge on any atom is 0.258 e. The summed E-state index contributed by atoms with van der Waals surface area (Å²) in [7, 11) is 0. The standard InChI is InChI=1S/C24H30N2O2/c27-24(18-28-23-10-6-8-20-7-2-3-9-22(20)23)25-17-19-11-13-21(14-12-19)26-15-4-1-5-16-26/h6,8,10-14H,1-5,7,9,15-18H2,(H,25,27). The maximum absolute atomic E-state index is 12.2. The van der Waals surface area contributed by atoms with Gasteiger partial charge in [0.1, 0.15) is 5.75 Å². The number of aryl methyl sites for hydroxylation is 1. The minimum absolute atomic E-state index is 0.0717. The van der Waals surface area contributed by atoms with Crippen molar-refractivity contribution in [2.24, 2.45) is 0 Å². The van der Waals surface area contributed by atoms with E-state index in [1.807, 2.05) is 12.1 Å². The van der Waals surface area contributed by atoms with Crippen molar-refractivity contribution in [3.63, 3.8) is 0 Å². The lowest BCUT2D eigenvalue weighted by molar-refractivity contribution is -0.123. The van der Waals surface area contributed by atoms with Crippen molar-refractivity contribution in [1.29, 1.82) is 0 Å². The molecule has 1 amide bonds. The second-order valence-corrected chi connectivity index (χ2v) is 7.88. The van der Waals surface area contributed by atoms with Gasteiger partial charge < -0.3 is 15.0 Å². The summed E-state index contributed by atoms with van der Waals surface area (Å²) in [5.41, 5.74) is 5.06. The SMILES string of the molecule is O=C(COc1cccc2c1CCCC2)NCc1ccc(N2CCCCC2)cc1. The maximum atomic E-state index is 12.2. The third kappa shape index (κ3) is 4.67. The molecule has 1 fully saturated rings. The van der Waals surface area contributed by atoms with E-state index in [0.29, 0.717) is 6.54 Å². The molecule has 0 unspecified atom stereocenters. The second kappa shape index (κ2) is 9.13. The highest BCUT2D eigenvalue weighted by Crippen LogP contribution is 2.29. The minimum atomic E-state index is -0.0754. The Hall–Kier alpha value is -2.49. The van der Waals surface area contributed by atoms with Gasteiger partial charge in [0.2, 0.25) is 0 Å². The van der Waals surface area contributed by atoms with Gasteiger partial charge in [0.05, 0.1) is 0 Å². The lowest BCUT2D eigenvalue weighted by Crippen LogP contribution is -2.29. The summed E-state index contributed by atoms with van der Waals surface area (Å²) in [6, 6.07) is 14.7. The first-order valence-electron chi connectivity index (χ1n) is 10.6. The number of hydrogen-bond donors (Lipinski definition) is 1. The molecule has 1 saturated heterocycles. The van der Waals surface area contributed by atoms with E-state index >= 15 is 0 Å². The summed E-state index contributed by atoms with van der Waals surface area (Å²) in [6.07, 6.45) is 8.52. The van der Waals surface area contributed by atoms with Gasteiger partial charge >= 0.3 is 0 Å². The summed E-state index contributed by atoms with van der Waals surface area (Å²) in [4.78, 5) is 14.7. The van der Waals surface area contributed by atoms with Gasteiger partial charge in [-0.3, -0.25) is 4.79 Å². The number of ether oxygens (including phenoxy) is 1. The molecule has 4 rings (SSSR count). The zero-order valence-corrected chi connectivity index (χ0v) is 16.6. The van der Waals surface area contributed by atoms with Crippen LogP contribution in [-0.4, -0.2) is 25.6 Å². The Bertz CT molecular complexity index is 795. The van der Waals surface area contributed by atoms with E-state index in [-0.39, 0.29) is 12.5 Å². The van der Waals surface area contributed by atoms with Gasteiger partial charge in [0.25, 0.3) is 5.91 Å². The fourth-order valence-corrected chi connectivity index (χ4v) is 4.25. The van der Waals surface area contributed by atoms with E-state index in [1.165, 1.54) is 48.9 Å². The van der Waals surface area contributed by atoms with Crippen molar-refractivity contribution in [3.8, 4) is 5.75 Å². The Labute approximate surface area is 167 Å². The molecule has 1 N–H and O–H groups in total. The van der Waals surface area contributed by atoms with Crippen molar-refractivity contribution >= 4 is 11.6 Å². The molecule has 0 radical (unpaired) electrons. The highest BCUT2D eigenvalue weighted by atomic mass is 16.5. The summed E-state index contributed by atoms with van der Waals surface area (Å²) in [5, 5.41) is 2.97. The molecule has 4 nitrogen and oxygen atoms in total. The second-order valence-electron chi connectivity index (χ2n) is 7.88. The molecule has 1 heterocycles. The zero-order chi connectivity index (χ0) is 19.2. The fourth-order valence-electron chi connectivity index (χ4n) is 4.25. The van der Waals surface area contributed by atoms with E-state index in [0.717, 1.165) is 37.2 Å². The molecule has 0 aromatic heterocycles. The number of nitrogens with one attached hydrogen (secondary N) is 1. The number of carbonyl (C=O) groups is 1. The largest absolute Gasteiger partial charge is 0.483 e. The van der Waals surface area contributed by atoms with Crippen LogP contribution in [0.4, 0.5) is 5.69 Å². The van der Waals surface area contributed by atoms with Crippen LogP contribution in [0.1, 0.15) is 48.8 Å². The van der Waals surface area contributed by atoms with Crippen LogP contribution in [0.25, 0.3) is 0 Å². The van der Waals surface area contributed by atoms with Crippen molar-refractivity contribution < 1.29 is 9.53 Å². The molecule has 0 saturated carbocycles. The first-order valence-corrected chi connectivity index (χ1v) is 10.6. The highest BCUT2D eigenvalue weighted by Gasteiger charge is 2.15. The van der Waals surface area contributed by atoms with Crippen LogP contribution in [0, 0.1) is 0 Å². The van der Waals surface area contributed by atoms with Crippen LogP contribution in [-0.2, 0) is 24.2 Å². The number of amides is 1. The molecule has 2 aromatic carbocycles. The quantitative estimate of drug-likeness (QED) is 0.817. The average Bonchev–Trinajstić information content (AvgIpc) is 2.77. The topological polar surface area (TPSA) is 41.6 Å². The number of piperidine rings is 1. The summed E-state index contributed by atoms with van der Waals surface area (Å²) in [5.74, 6) is 0.798. The van der Waals surface area contributed by atoms with Gasteiger partial charge in [-0.2, -0.15) is 0 Å². The molecule has 2 aliphatic rings. The Kier molecular flexibility index (Phi) is 6.15. The monoisotopic (exact) mass is 378 g/mol. The lowest BCUT2D eigenvalue weighted by Gasteiger charge is -2.28. The third-order valence-electron chi connectivity index (χ3n) is 5.86. The number of rotatable bonds is 6. The van der Waals surface area contributed by atoms with E-state index in [2.05, 4.69) is 40.5 Å². The molecule has 28 heavy (non-hydrogen) atoms. The van der Waals surface area contributed by atoms with Gasteiger partial charge in [-0.1, -0.05) is 24.3 Å². The van der Waals surface area contributed by atoms with Crippen LogP contribution >= 0.6 is 0 Å². The molecule has 148 valence electrons. The van der Waals surface area contributed by atoms with Crippen LogP contribution in [0.5, 0.6) is 5.75 Å². The van der Waals surface area contributed by atoms with Crippen LogP contribution < -0.4 is 15.0 Å². The number of anilines is 1. The highest BCUT2D eigenvalue weighted by molar-refractivity contribution is 5.77. The molecule has 0 bridgehead atoms. The Morgan fingerprint density at radius 1 is 0.929 bits per heavy atom. The van der Waals surface area contributed by atoms with Crippen LogP contribution in [0.15, 0.2) is 42.5 Å². The summed E-state index contributed by atoms with van der Waals surface area (Å²) >= 11 is 0. The van der Waals surface area contributed by atoms with E-state index in [4.69, 9.17) is 4.74 Å². The van der Waals surface area contributed by atoms with Gasteiger partial charge in [-0.05, 0) is 79.8 Å². The molecular formula is C24H30N2O2. The van der Waals surface area contributed by atoms with Gasteiger partial charge in [-0.15, -0.1) is 0 Å². The normalized spacial score (nSPS) is 16.4. The van der Waals surface area contributed by atoms with E-state index in [9.17, 15) is 4.79 Å². The first kappa shape index (κ1) is 18.9. The average molecular weight is 379 g/mol. The molecule has 1 aliphatic heterocycles. The van der Waals surface area contributed by atoms with E-state index < -0.39 is 0 Å². The Morgan fingerprint density at radius 2 is 1.71 bits per heavy atom. The van der Waals surface area contributed by atoms with Crippen molar-refractivity contribution in [2.75, 3.05) is 24.6 Å². The predicted molar refractivity (Wildman–Crippen MR) is 113 cm³/mol. The molecule has 2 aromatic rings. The number of fused-ring (bicyclic) bond motifs is 1. The van der Waals surface area contributed by atoms with Crippen LogP contribution in [0.3, 0.4) is 0 Å². The first-order chi connectivity index (χ1) is 13.8. The minimum Gasteiger partial charge on any atom is -0.483 e. The fraction of sp³-hybridized carbons (Fsp3) is 0.458. The Morgan fingerprint density at radius 3 is 2.54 bits per heavy atom. The van der Waals surface area contributed by atoms with Crippen LogP contribution in [0.2, 0.25) is 0 Å². The van der Waals surface area contributed by atoms with Crippen molar-refractivity contribution in [1.82, 2.24) is 5.32 Å². The van der Waals surface area contributed by atoms with E-state index in [1.54, 1.807) is 0 Å².